The lowest BCUT2D eigenvalue weighted by molar-refractivity contribution is -0.122. The van der Waals surface area contributed by atoms with Crippen molar-refractivity contribution < 1.29 is 23.8 Å². The molecule has 0 saturated carbocycles. The average molecular weight is 342 g/mol. The van der Waals surface area contributed by atoms with Gasteiger partial charge in [-0.3, -0.25) is 9.59 Å². The molecule has 3 rings (SSSR count). The highest BCUT2D eigenvalue weighted by Crippen LogP contribution is 2.32. The maximum Gasteiger partial charge on any atom is 0.265 e. The topological polar surface area (TPSA) is 85.9 Å². The van der Waals surface area contributed by atoms with Gasteiger partial charge in [0.25, 0.3) is 11.8 Å². The highest BCUT2D eigenvalue weighted by Gasteiger charge is 2.24. The molecule has 1 heterocycles. The molecule has 1 aliphatic heterocycles. The van der Waals surface area contributed by atoms with E-state index >= 15 is 0 Å². The number of hydrogen-bond donors (Lipinski definition) is 2. The molecule has 7 nitrogen and oxygen atoms in total. The summed E-state index contributed by atoms with van der Waals surface area (Å²) in [5, 5.41) is 5.52. The van der Waals surface area contributed by atoms with Crippen molar-refractivity contribution in [1.82, 2.24) is 0 Å². The third-order valence-electron chi connectivity index (χ3n) is 3.82. The van der Waals surface area contributed by atoms with Crippen molar-refractivity contribution in [3.63, 3.8) is 0 Å². The summed E-state index contributed by atoms with van der Waals surface area (Å²) in [5.74, 6) is 0.993. The van der Waals surface area contributed by atoms with Gasteiger partial charge < -0.3 is 24.8 Å². The summed E-state index contributed by atoms with van der Waals surface area (Å²) < 4.78 is 15.9. The summed E-state index contributed by atoms with van der Waals surface area (Å²) in [6.07, 6.45) is -0.545. The fraction of sp³-hybridized carbons (Fsp3) is 0.222. The Hall–Kier alpha value is -3.22. The van der Waals surface area contributed by atoms with Crippen molar-refractivity contribution in [3.8, 4) is 17.2 Å². The van der Waals surface area contributed by atoms with Crippen LogP contribution in [0.2, 0.25) is 0 Å². The fourth-order valence-electron chi connectivity index (χ4n) is 2.47. The normalized spacial score (nSPS) is 15.5. The van der Waals surface area contributed by atoms with E-state index in [9.17, 15) is 9.59 Å². The Kier molecular flexibility index (Phi) is 4.47. The van der Waals surface area contributed by atoms with E-state index in [4.69, 9.17) is 14.2 Å². The van der Waals surface area contributed by atoms with Gasteiger partial charge in [0.2, 0.25) is 0 Å². The van der Waals surface area contributed by atoms with Crippen LogP contribution in [0.3, 0.4) is 0 Å². The summed E-state index contributed by atoms with van der Waals surface area (Å²) in [7, 11) is 3.03. The number of ether oxygens (including phenoxy) is 3. The zero-order valence-corrected chi connectivity index (χ0v) is 14.1. The second-order valence-electron chi connectivity index (χ2n) is 5.48. The van der Waals surface area contributed by atoms with E-state index in [1.165, 1.54) is 7.11 Å². The van der Waals surface area contributed by atoms with E-state index in [-0.39, 0.29) is 11.8 Å². The summed E-state index contributed by atoms with van der Waals surface area (Å²) in [5.41, 5.74) is 1.41. The minimum Gasteiger partial charge on any atom is -0.497 e. The van der Waals surface area contributed by atoms with E-state index in [1.807, 2.05) is 0 Å². The van der Waals surface area contributed by atoms with Crippen LogP contribution in [0.5, 0.6) is 17.2 Å². The monoisotopic (exact) mass is 342 g/mol. The lowest BCUT2D eigenvalue weighted by atomic mass is 10.1. The first-order valence-electron chi connectivity index (χ1n) is 7.66. The maximum absolute atomic E-state index is 12.5. The molecular weight excluding hydrogens is 324 g/mol. The Bertz CT molecular complexity index is 834. The average Bonchev–Trinajstić information content (AvgIpc) is 2.62. The Morgan fingerprint density at radius 3 is 2.68 bits per heavy atom. The molecule has 0 aliphatic carbocycles. The van der Waals surface area contributed by atoms with E-state index in [1.54, 1.807) is 50.4 Å². The molecule has 0 bridgehead atoms. The van der Waals surface area contributed by atoms with Crippen LogP contribution in [0.4, 0.5) is 11.4 Å². The van der Waals surface area contributed by atoms with Crippen LogP contribution in [0.15, 0.2) is 36.4 Å². The lowest BCUT2D eigenvalue weighted by Gasteiger charge is -2.23. The van der Waals surface area contributed by atoms with Gasteiger partial charge in [-0.2, -0.15) is 0 Å². The van der Waals surface area contributed by atoms with E-state index in [0.29, 0.717) is 34.2 Å². The molecule has 1 atom stereocenters. The molecule has 2 aromatic carbocycles. The molecule has 2 amide bonds. The van der Waals surface area contributed by atoms with Crippen molar-refractivity contribution in [2.24, 2.45) is 0 Å². The van der Waals surface area contributed by atoms with Crippen molar-refractivity contribution in [2.45, 2.75) is 13.0 Å². The molecule has 2 aromatic rings. The first-order chi connectivity index (χ1) is 12.0. The number of carbonyl (C=O) groups is 2. The number of hydrogen-bond acceptors (Lipinski definition) is 5. The number of fused-ring (bicyclic) bond motifs is 1. The van der Waals surface area contributed by atoms with Crippen molar-refractivity contribution >= 4 is 23.2 Å². The van der Waals surface area contributed by atoms with Gasteiger partial charge in [0.05, 0.1) is 25.5 Å². The van der Waals surface area contributed by atoms with Gasteiger partial charge in [0.15, 0.2) is 6.10 Å². The van der Waals surface area contributed by atoms with Crippen LogP contribution in [-0.2, 0) is 4.79 Å². The van der Waals surface area contributed by atoms with Crippen LogP contribution < -0.4 is 24.8 Å². The number of methoxy groups -OCH3 is 2. The molecule has 1 aliphatic rings. The molecule has 0 radical (unpaired) electrons. The zero-order chi connectivity index (χ0) is 18.0. The third-order valence-corrected chi connectivity index (χ3v) is 3.82. The predicted octanol–water partition coefficient (Wildman–Crippen LogP) is 2.68. The molecule has 0 saturated heterocycles. The third kappa shape index (κ3) is 3.35. The fourth-order valence-corrected chi connectivity index (χ4v) is 2.47. The Labute approximate surface area is 144 Å². The molecule has 25 heavy (non-hydrogen) atoms. The number of anilines is 2. The number of rotatable bonds is 4. The van der Waals surface area contributed by atoms with Crippen LogP contribution in [0.1, 0.15) is 17.3 Å². The molecule has 1 unspecified atom stereocenters. The molecule has 2 N–H and O–H groups in total. The Morgan fingerprint density at radius 1 is 1.16 bits per heavy atom. The SMILES string of the molecule is COc1ccc(C(=O)Nc2ccc3c(c2)NC(=O)C(C)O3)c(OC)c1. The summed E-state index contributed by atoms with van der Waals surface area (Å²) in [4.78, 5) is 24.2. The van der Waals surface area contributed by atoms with Gasteiger partial charge in [-0.15, -0.1) is 0 Å². The number of amides is 2. The summed E-state index contributed by atoms with van der Waals surface area (Å²) in [6.45, 7) is 1.67. The van der Waals surface area contributed by atoms with Crippen molar-refractivity contribution in [1.29, 1.82) is 0 Å². The van der Waals surface area contributed by atoms with Crippen molar-refractivity contribution in [3.05, 3.63) is 42.0 Å². The van der Waals surface area contributed by atoms with E-state index in [0.717, 1.165) is 0 Å². The number of nitrogens with one attached hydrogen (secondary N) is 2. The Morgan fingerprint density at radius 2 is 1.96 bits per heavy atom. The molecule has 0 fully saturated rings. The van der Waals surface area contributed by atoms with Gasteiger partial charge in [-0.25, -0.2) is 0 Å². The summed E-state index contributed by atoms with van der Waals surface area (Å²) in [6, 6.07) is 9.99. The van der Waals surface area contributed by atoms with Crippen LogP contribution in [-0.4, -0.2) is 32.1 Å². The second-order valence-corrected chi connectivity index (χ2v) is 5.48. The predicted molar refractivity (Wildman–Crippen MR) is 92.7 cm³/mol. The molecule has 0 spiro atoms. The highest BCUT2D eigenvalue weighted by atomic mass is 16.5. The van der Waals surface area contributed by atoms with Crippen LogP contribution in [0.25, 0.3) is 0 Å². The molecule has 7 heteroatoms. The van der Waals surface area contributed by atoms with E-state index in [2.05, 4.69) is 10.6 Å². The van der Waals surface area contributed by atoms with E-state index < -0.39 is 6.10 Å². The van der Waals surface area contributed by atoms with Gasteiger partial charge in [0, 0.05) is 11.8 Å². The molecular formula is C18H18N2O5. The maximum atomic E-state index is 12.5. The van der Waals surface area contributed by atoms with Crippen LogP contribution in [0, 0.1) is 0 Å². The highest BCUT2D eigenvalue weighted by molar-refractivity contribution is 6.07. The van der Waals surface area contributed by atoms with Gasteiger partial charge in [-0.1, -0.05) is 0 Å². The van der Waals surface area contributed by atoms with Gasteiger partial charge in [0.1, 0.15) is 17.2 Å². The van der Waals surface area contributed by atoms with Crippen molar-refractivity contribution in [2.75, 3.05) is 24.9 Å². The van der Waals surface area contributed by atoms with Gasteiger partial charge in [-0.05, 0) is 37.3 Å². The molecule has 0 aromatic heterocycles. The smallest absolute Gasteiger partial charge is 0.265 e. The largest absolute Gasteiger partial charge is 0.497 e. The molecule has 130 valence electrons. The van der Waals surface area contributed by atoms with Gasteiger partial charge >= 0.3 is 0 Å². The summed E-state index contributed by atoms with van der Waals surface area (Å²) >= 11 is 0. The minimum absolute atomic E-state index is 0.229. The zero-order valence-electron chi connectivity index (χ0n) is 14.1. The number of benzene rings is 2. The Balaban J connectivity index is 1.82. The van der Waals surface area contributed by atoms with Crippen LogP contribution >= 0.6 is 0 Å². The minimum atomic E-state index is -0.545. The standard InChI is InChI=1S/C18H18N2O5/c1-10-17(21)20-14-8-11(4-7-15(14)25-10)19-18(22)13-6-5-12(23-2)9-16(13)24-3/h4-10H,1-3H3,(H,19,22)(H,20,21). The lowest BCUT2D eigenvalue weighted by Crippen LogP contribution is -2.34. The number of carbonyl (C=O) groups excluding carboxylic acids is 2. The quantitative estimate of drug-likeness (QED) is 0.892. The first kappa shape index (κ1) is 16.6. The second kappa shape index (κ2) is 6.72. The first-order valence-corrected chi connectivity index (χ1v) is 7.66.